The van der Waals surface area contributed by atoms with Crippen LogP contribution in [0, 0.1) is 19.3 Å². The summed E-state index contributed by atoms with van der Waals surface area (Å²) in [6.45, 7) is 2.67. The first-order valence-corrected chi connectivity index (χ1v) is 13.5. The molecule has 12 heteroatoms. The molecule has 1 fully saturated rings. The van der Waals surface area contributed by atoms with Crippen LogP contribution in [-0.4, -0.2) is 64.1 Å². The third-order valence-electron chi connectivity index (χ3n) is 5.04. The Morgan fingerprint density at radius 3 is 2.71 bits per heavy atom. The monoisotopic (exact) mass is 519 g/mol. The smallest absolute Gasteiger partial charge is 0.399 e. The van der Waals surface area contributed by atoms with Crippen LogP contribution in [0.2, 0.25) is 0 Å². The lowest BCUT2D eigenvalue weighted by atomic mass is 10.1. The second-order valence-electron chi connectivity index (χ2n) is 7.86. The van der Waals surface area contributed by atoms with E-state index in [4.69, 9.17) is 15.9 Å². The molecule has 2 heterocycles. The fourth-order valence-corrected chi connectivity index (χ4v) is 4.68. The highest BCUT2D eigenvalue weighted by molar-refractivity contribution is 7.90. The van der Waals surface area contributed by atoms with E-state index in [1.807, 2.05) is 0 Å². The average Bonchev–Trinajstić information content (AvgIpc) is 3.24. The summed E-state index contributed by atoms with van der Waals surface area (Å²) in [7, 11) is -3.39. The number of hydrogen-bond acceptors (Lipinski definition) is 8. The number of aryl methyl sites for hydroxylation is 1. The molecule has 1 atom stereocenters. The van der Waals surface area contributed by atoms with Gasteiger partial charge in [-0.3, -0.25) is 9.59 Å². The predicted molar refractivity (Wildman–Crippen MR) is 133 cm³/mol. The minimum Gasteiger partial charge on any atom is -0.399 e. The van der Waals surface area contributed by atoms with Crippen molar-refractivity contribution < 1.29 is 32.3 Å². The molecule has 3 amide bonds. The molecule has 1 aliphatic rings. The number of hydrogen-bond donors (Lipinski definition) is 2. The number of rotatable bonds is 8. The number of thiophene rings is 1. The van der Waals surface area contributed by atoms with Crippen LogP contribution < -0.4 is 20.3 Å². The zero-order chi connectivity index (χ0) is 25.6. The third kappa shape index (κ3) is 7.54. The second-order valence-corrected chi connectivity index (χ2v) is 11.2. The number of benzene rings is 1. The minimum atomic E-state index is -3.39. The highest BCUT2D eigenvalue weighted by Gasteiger charge is 2.25. The van der Waals surface area contributed by atoms with Gasteiger partial charge in [0.1, 0.15) is 22.5 Å². The summed E-state index contributed by atoms with van der Waals surface area (Å²) in [4.78, 5) is 39.6. The molecule has 3 rings (SSSR count). The van der Waals surface area contributed by atoms with Crippen molar-refractivity contribution in [3.63, 3.8) is 0 Å². The number of terminal acetylenes is 1. The minimum absolute atomic E-state index is 0.0111. The van der Waals surface area contributed by atoms with Crippen LogP contribution in [0.5, 0.6) is 5.06 Å². The number of morpholine rings is 1. The molecule has 0 radical (unpaired) electrons. The predicted octanol–water partition coefficient (Wildman–Crippen LogP) is 1.93. The lowest BCUT2D eigenvalue weighted by Gasteiger charge is -2.28. The van der Waals surface area contributed by atoms with E-state index in [1.165, 1.54) is 6.07 Å². The summed E-state index contributed by atoms with van der Waals surface area (Å²) in [5.41, 5.74) is 1.88. The number of nitrogens with one attached hydrogen (secondary N) is 2. The largest absolute Gasteiger partial charge is 0.414 e. The number of carbonyl (C=O) groups excluding carboxylic acids is 3. The van der Waals surface area contributed by atoms with E-state index in [-0.39, 0.29) is 29.8 Å². The van der Waals surface area contributed by atoms with Gasteiger partial charge in [-0.05, 0) is 49.2 Å². The van der Waals surface area contributed by atoms with E-state index in [1.54, 1.807) is 36.1 Å². The van der Waals surface area contributed by atoms with Crippen molar-refractivity contribution >= 4 is 50.5 Å². The quantitative estimate of drug-likeness (QED) is 0.510. The van der Waals surface area contributed by atoms with E-state index in [0.717, 1.165) is 23.2 Å². The average molecular weight is 520 g/mol. The Morgan fingerprint density at radius 1 is 1.31 bits per heavy atom. The van der Waals surface area contributed by atoms with Crippen LogP contribution in [0.25, 0.3) is 0 Å². The Labute approximate surface area is 207 Å². The van der Waals surface area contributed by atoms with Gasteiger partial charge in [0.05, 0.1) is 17.2 Å². The first kappa shape index (κ1) is 26.2. The first-order valence-electron chi connectivity index (χ1n) is 10.6. The maximum atomic E-state index is 12.9. The highest BCUT2D eigenvalue weighted by Crippen LogP contribution is 2.26. The third-order valence-corrected chi connectivity index (χ3v) is 6.92. The number of amides is 3. The Morgan fingerprint density at radius 2 is 2.09 bits per heavy atom. The molecule has 186 valence electrons. The zero-order valence-corrected chi connectivity index (χ0v) is 20.8. The Bertz CT molecular complexity index is 1260. The molecule has 2 N–H and O–H groups in total. The summed E-state index contributed by atoms with van der Waals surface area (Å²) in [6.07, 6.45) is 5.28. The standard InChI is InChI=1S/C23H25N3O7S2/c1-4-17-6-8-21(34-17)33-23(29)25-18(9-12-35(3,30)31)22(28)24-16-5-7-19(15(2)13-16)26-10-11-32-14-20(26)27/h1,5-8,13,18H,9-12,14H2,2-3H3,(H,24,28)(H,25,29). The molecular formula is C23H25N3O7S2. The van der Waals surface area contributed by atoms with E-state index >= 15 is 0 Å². The van der Waals surface area contributed by atoms with Gasteiger partial charge in [-0.1, -0.05) is 17.3 Å². The highest BCUT2D eigenvalue weighted by atomic mass is 32.2. The Hall–Kier alpha value is -3.40. The molecule has 0 spiro atoms. The molecule has 35 heavy (non-hydrogen) atoms. The molecule has 10 nitrogen and oxygen atoms in total. The van der Waals surface area contributed by atoms with Gasteiger partial charge in [-0.15, -0.1) is 6.42 Å². The number of ether oxygens (including phenoxy) is 2. The molecule has 1 saturated heterocycles. The summed E-state index contributed by atoms with van der Waals surface area (Å²) < 4.78 is 33.6. The van der Waals surface area contributed by atoms with Crippen molar-refractivity contribution in [3.05, 3.63) is 40.8 Å². The maximum absolute atomic E-state index is 12.9. The van der Waals surface area contributed by atoms with Gasteiger partial charge in [-0.2, -0.15) is 0 Å². The number of sulfone groups is 1. The molecule has 0 bridgehead atoms. The maximum Gasteiger partial charge on any atom is 0.414 e. The Balaban J connectivity index is 1.70. The lowest BCUT2D eigenvalue weighted by Crippen LogP contribution is -2.45. The topological polar surface area (TPSA) is 131 Å². The molecule has 0 saturated carbocycles. The molecule has 1 aromatic carbocycles. The van der Waals surface area contributed by atoms with Crippen molar-refractivity contribution in [2.45, 2.75) is 19.4 Å². The fourth-order valence-electron chi connectivity index (χ4n) is 3.35. The van der Waals surface area contributed by atoms with Crippen LogP contribution >= 0.6 is 11.3 Å². The van der Waals surface area contributed by atoms with Crippen LogP contribution in [0.4, 0.5) is 16.2 Å². The fraction of sp³-hybridized carbons (Fsp3) is 0.348. The summed E-state index contributed by atoms with van der Waals surface area (Å²) >= 11 is 1.08. The summed E-state index contributed by atoms with van der Waals surface area (Å²) in [5, 5.41) is 5.34. The lowest BCUT2D eigenvalue weighted by molar-refractivity contribution is -0.125. The van der Waals surface area contributed by atoms with Gasteiger partial charge < -0.3 is 25.0 Å². The van der Waals surface area contributed by atoms with E-state index < -0.39 is 27.9 Å². The van der Waals surface area contributed by atoms with Crippen LogP contribution in [0.1, 0.15) is 16.9 Å². The molecule has 1 aliphatic heterocycles. The number of nitrogens with zero attached hydrogens (tertiary/aromatic N) is 1. The number of anilines is 2. The summed E-state index contributed by atoms with van der Waals surface area (Å²) in [5.74, 6) is 1.34. The van der Waals surface area contributed by atoms with Crippen LogP contribution in [-0.2, 0) is 24.2 Å². The van der Waals surface area contributed by atoms with Gasteiger partial charge >= 0.3 is 6.09 Å². The van der Waals surface area contributed by atoms with E-state index in [0.29, 0.717) is 29.4 Å². The molecule has 0 aliphatic carbocycles. The summed E-state index contributed by atoms with van der Waals surface area (Å²) in [6, 6.07) is 6.98. The van der Waals surface area contributed by atoms with Gasteiger partial charge in [0.15, 0.2) is 5.06 Å². The van der Waals surface area contributed by atoms with Gasteiger partial charge in [-0.25, -0.2) is 13.2 Å². The molecule has 1 unspecified atom stereocenters. The van der Waals surface area contributed by atoms with Crippen LogP contribution in [0.3, 0.4) is 0 Å². The van der Waals surface area contributed by atoms with Crippen molar-refractivity contribution in [1.29, 1.82) is 0 Å². The molecular weight excluding hydrogens is 494 g/mol. The van der Waals surface area contributed by atoms with Gasteiger partial charge in [0, 0.05) is 24.2 Å². The van der Waals surface area contributed by atoms with Crippen molar-refractivity contribution in [3.8, 4) is 17.4 Å². The molecule has 2 aromatic rings. The normalized spacial score (nSPS) is 14.7. The van der Waals surface area contributed by atoms with Crippen LogP contribution in [0.15, 0.2) is 30.3 Å². The van der Waals surface area contributed by atoms with Crippen molar-refractivity contribution in [2.24, 2.45) is 0 Å². The second kappa shape index (κ2) is 11.4. The first-order chi connectivity index (χ1) is 16.6. The van der Waals surface area contributed by atoms with E-state index in [9.17, 15) is 22.8 Å². The van der Waals surface area contributed by atoms with Gasteiger partial charge in [0.2, 0.25) is 5.91 Å². The van der Waals surface area contributed by atoms with Gasteiger partial charge in [0.25, 0.3) is 5.91 Å². The van der Waals surface area contributed by atoms with Crippen molar-refractivity contribution in [2.75, 3.05) is 42.0 Å². The Kier molecular flexibility index (Phi) is 8.50. The SMILES string of the molecule is C#Cc1ccc(OC(=O)NC(CCS(C)(=O)=O)C(=O)Nc2ccc(N3CCOCC3=O)c(C)c2)s1. The van der Waals surface area contributed by atoms with E-state index in [2.05, 4.69) is 16.6 Å². The molecule has 1 aromatic heterocycles. The number of carbonyl (C=O) groups is 3. The zero-order valence-electron chi connectivity index (χ0n) is 19.2. The van der Waals surface area contributed by atoms with Crippen molar-refractivity contribution in [1.82, 2.24) is 5.32 Å².